The van der Waals surface area contributed by atoms with Gasteiger partial charge in [0.05, 0.1) is 6.10 Å². The van der Waals surface area contributed by atoms with Gasteiger partial charge in [-0.05, 0) is 35.2 Å². The van der Waals surface area contributed by atoms with E-state index in [2.05, 4.69) is 24.3 Å². The van der Waals surface area contributed by atoms with Crippen LogP contribution in [0.4, 0.5) is 0 Å². The summed E-state index contributed by atoms with van der Waals surface area (Å²) < 4.78 is 0. The van der Waals surface area contributed by atoms with Gasteiger partial charge in [0.15, 0.2) is 0 Å². The van der Waals surface area contributed by atoms with Crippen LogP contribution in [0.15, 0.2) is 42.5 Å². The molecule has 2 heteroatoms. The Bertz CT molecular complexity index is 507. The molecular weight excluding hydrogens is 236 g/mol. The fraction of sp³-hybridized carbons (Fsp3) is 0.412. The predicted molar refractivity (Wildman–Crippen MR) is 79.1 cm³/mol. The Morgan fingerprint density at radius 2 is 1.58 bits per heavy atom. The van der Waals surface area contributed by atoms with Crippen LogP contribution in [-0.4, -0.2) is 16.8 Å². The van der Waals surface area contributed by atoms with Crippen molar-refractivity contribution in [3.8, 4) is 0 Å². The molecule has 0 radical (unpaired) electrons. The Morgan fingerprint density at radius 1 is 0.842 bits per heavy atom. The summed E-state index contributed by atoms with van der Waals surface area (Å²) in [4.78, 5) is 0. The fourth-order valence-electron chi connectivity index (χ4n) is 2.38. The smallest absolute Gasteiger partial charge is 0.0790 e. The zero-order valence-corrected chi connectivity index (χ0v) is 11.3. The summed E-state index contributed by atoms with van der Waals surface area (Å²) in [5.74, 6) is 0. The Hall–Kier alpha value is -1.38. The first-order valence-electron chi connectivity index (χ1n) is 7.09. The number of aliphatic hydroxyl groups is 2. The summed E-state index contributed by atoms with van der Waals surface area (Å²) in [6, 6.07) is 14.4. The Morgan fingerprint density at radius 3 is 2.37 bits per heavy atom. The van der Waals surface area contributed by atoms with Crippen molar-refractivity contribution in [2.45, 2.75) is 38.2 Å². The van der Waals surface area contributed by atoms with Gasteiger partial charge in [0.25, 0.3) is 0 Å². The quantitative estimate of drug-likeness (QED) is 0.741. The third kappa shape index (κ3) is 4.05. The van der Waals surface area contributed by atoms with Crippen molar-refractivity contribution in [3.05, 3.63) is 48.0 Å². The van der Waals surface area contributed by atoms with E-state index in [0.29, 0.717) is 0 Å². The summed E-state index contributed by atoms with van der Waals surface area (Å²) >= 11 is 0. The standard InChI is InChI=1S/C17H22O2/c18-12-6-2-1-3-9-17(19)16-11-10-14-7-4-5-8-15(14)13-16/h4-5,7-8,10-11,13,17-19H,1-3,6,9,12H2. The monoisotopic (exact) mass is 258 g/mol. The molecule has 0 aliphatic rings. The maximum Gasteiger partial charge on any atom is 0.0790 e. The number of aliphatic hydroxyl groups excluding tert-OH is 2. The average Bonchev–Trinajstić information content (AvgIpc) is 2.46. The highest BCUT2D eigenvalue weighted by Gasteiger charge is 2.07. The first kappa shape index (κ1) is 14.0. The second kappa shape index (κ2) is 7.27. The zero-order chi connectivity index (χ0) is 13.5. The number of benzene rings is 2. The molecule has 2 nitrogen and oxygen atoms in total. The molecule has 0 bridgehead atoms. The summed E-state index contributed by atoms with van der Waals surface area (Å²) in [5, 5.41) is 21.3. The van der Waals surface area contributed by atoms with E-state index in [1.165, 1.54) is 10.8 Å². The maximum atomic E-state index is 10.2. The number of unbranched alkanes of at least 4 members (excludes halogenated alkanes) is 3. The minimum atomic E-state index is -0.376. The molecule has 2 N–H and O–H groups in total. The van der Waals surface area contributed by atoms with E-state index in [9.17, 15) is 5.11 Å². The molecule has 0 aliphatic carbocycles. The largest absolute Gasteiger partial charge is 0.396 e. The number of rotatable bonds is 7. The molecule has 0 fully saturated rings. The van der Waals surface area contributed by atoms with Crippen molar-refractivity contribution in [1.82, 2.24) is 0 Å². The van der Waals surface area contributed by atoms with Gasteiger partial charge in [0.1, 0.15) is 0 Å². The second-order valence-electron chi connectivity index (χ2n) is 5.05. The fourth-order valence-corrected chi connectivity index (χ4v) is 2.38. The highest BCUT2D eigenvalue weighted by Crippen LogP contribution is 2.24. The van der Waals surface area contributed by atoms with E-state index in [0.717, 1.165) is 37.7 Å². The molecule has 0 aliphatic heterocycles. The molecule has 1 unspecified atom stereocenters. The third-order valence-electron chi connectivity index (χ3n) is 3.54. The molecule has 2 aromatic carbocycles. The van der Waals surface area contributed by atoms with Crippen LogP contribution in [0.1, 0.15) is 43.8 Å². The Labute approximate surface area is 114 Å². The lowest BCUT2D eigenvalue weighted by atomic mass is 9.99. The molecule has 0 amide bonds. The van der Waals surface area contributed by atoms with E-state index in [1.54, 1.807) is 0 Å². The van der Waals surface area contributed by atoms with Crippen LogP contribution < -0.4 is 0 Å². The van der Waals surface area contributed by atoms with Gasteiger partial charge in [-0.15, -0.1) is 0 Å². The predicted octanol–water partition coefficient (Wildman–Crippen LogP) is 3.82. The van der Waals surface area contributed by atoms with Crippen molar-refractivity contribution in [1.29, 1.82) is 0 Å². The first-order chi connectivity index (χ1) is 9.31. The second-order valence-corrected chi connectivity index (χ2v) is 5.05. The molecule has 1 atom stereocenters. The molecule has 0 heterocycles. The summed E-state index contributed by atoms with van der Waals surface area (Å²) in [5.41, 5.74) is 1.00. The minimum absolute atomic E-state index is 0.271. The van der Waals surface area contributed by atoms with Crippen LogP contribution in [0.2, 0.25) is 0 Å². The summed E-state index contributed by atoms with van der Waals surface area (Å²) in [7, 11) is 0. The van der Waals surface area contributed by atoms with E-state index in [1.807, 2.05) is 18.2 Å². The van der Waals surface area contributed by atoms with Gasteiger partial charge < -0.3 is 10.2 Å². The van der Waals surface area contributed by atoms with Gasteiger partial charge in [0, 0.05) is 6.61 Å². The molecule has 102 valence electrons. The van der Waals surface area contributed by atoms with Crippen LogP contribution in [0.3, 0.4) is 0 Å². The number of hydrogen-bond acceptors (Lipinski definition) is 2. The van der Waals surface area contributed by atoms with Crippen LogP contribution >= 0.6 is 0 Å². The average molecular weight is 258 g/mol. The highest BCUT2D eigenvalue weighted by molar-refractivity contribution is 5.83. The van der Waals surface area contributed by atoms with Crippen LogP contribution in [0.5, 0.6) is 0 Å². The maximum absolute atomic E-state index is 10.2. The molecule has 0 saturated carbocycles. The van der Waals surface area contributed by atoms with Gasteiger partial charge in [-0.25, -0.2) is 0 Å². The van der Waals surface area contributed by atoms with Crippen molar-refractivity contribution >= 4 is 10.8 Å². The molecule has 2 rings (SSSR count). The Kier molecular flexibility index (Phi) is 5.37. The Balaban J connectivity index is 1.91. The van der Waals surface area contributed by atoms with E-state index >= 15 is 0 Å². The van der Waals surface area contributed by atoms with Crippen LogP contribution in [0, 0.1) is 0 Å². The zero-order valence-electron chi connectivity index (χ0n) is 11.3. The lowest BCUT2D eigenvalue weighted by molar-refractivity contribution is 0.163. The van der Waals surface area contributed by atoms with Crippen molar-refractivity contribution in [2.24, 2.45) is 0 Å². The molecule has 19 heavy (non-hydrogen) atoms. The SMILES string of the molecule is OCCCCCCC(O)c1ccc2ccccc2c1. The molecule has 0 spiro atoms. The topological polar surface area (TPSA) is 40.5 Å². The van der Waals surface area contributed by atoms with Crippen LogP contribution in [0.25, 0.3) is 10.8 Å². The third-order valence-corrected chi connectivity index (χ3v) is 3.54. The van der Waals surface area contributed by atoms with Crippen molar-refractivity contribution in [3.63, 3.8) is 0 Å². The van der Waals surface area contributed by atoms with Crippen molar-refractivity contribution in [2.75, 3.05) is 6.61 Å². The lowest BCUT2D eigenvalue weighted by Gasteiger charge is -2.11. The van der Waals surface area contributed by atoms with Gasteiger partial charge in [-0.1, -0.05) is 55.7 Å². The molecule has 0 aromatic heterocycles. The van der Waals surface area contributed by atoms with Gasteiger partial charge in [-0.2, -0.15) is 0 Å². The highest BCUT2D eigenvalue weighted by atomic mass is 16.3. The number of hydrogen-bond donors (Lipinski definition) is 2. The van der Waals surface area contributed by atoms with Crippen molar-refractivity contribution < 1.29 is 10.2 Å². The van der Waals surface area contributed by atoms with E-state index in [-0.39, 0.29) is 12.7 Å². The summed E-state index contributed by atoms with van der Waals surface area (Å²) in [6.45, 7) is 0.271. The van der Waals surface area contributed by atoms with Gasteiger partial charge in [0.2, 0.25) is 0 Å². The first-order valence-corrected chi connectivity index (χ1v) is 7.09. The normalized spacial score (nSPS) is 12.7. The van der Waals surface area contributed by atoms with Gasteiger partial charge in [-0.3, -0.25) is 0 Å². The van der Waals surface area contributed by atoms with Crippen LogP contribution in [-0.2, 0) is 0 Å². The lowest BCUT2D eigenvalue weighted by Crippen LogP contribution is -1.97. The molecule has 0 saturated heterocycles. The minimum Gasteiger partial charge on any atom is -0.396 e. The molecular formula is C17H22O2. The number of fused-ring (bicyclic) bond motifs is 1. The summed E-state index contributed by atoms with van der Waals surface area (Å²) in [6.07, 6.45) is 4.41. The molecule has 2 aromatic rings. The van der Waals surface area contributed by atoms with Gasteiger partial charge >= 0.3 is 0 Å². The van der Waals surface area contributed by atoms with E-state index in [4.69, 9.17) is 5.11 Å². The van der Waals surface area contributed by atoms with E-state index < -0.39 is 0 Å².